The topological polar surface area (TPSA) is 103 Å². The number of likely N-dealkylation sites (tertiary alicyclic amines) is 1. The first-order chi connectivity index (χ1) is 16.3. The van der Waals surface area contributed by atoms with E-state index in [-0.39, 0.29) is 18.0 Å². The molecule has 0 aromatic heterocycles. The van der Waals surface area contributed by atoms with Crippen LogP contribution in [0.15, 0.2) is 11.9 Å². The van der Waals surface area contributed by atoms with Crippen molar-refractivity contribution in [3.63, 3.8) is 0 Å². The van der Waals surface area contributed by atoms with Crippen LogP contribution in [0.1, 0.15) is 79.1 Å². The number of hydrogen-bond acceptors (Lipinski definition) is 7. The summed E-state index contributed by atoms with van der Waals surface area (Å²) < 4.78 is 0. The third-order valence-corrected chi connectivity index (χ3v) is 7.26. The van der Waals surface area contributed by atoms with Crippen molar-refractivity contribution in [1.82, 2.24) is 25.3 Å². The van der Waals surface area contributed by atoms with Crippen molar-refractivity contribution in [2.75, 3.05) is 46.9 Å². The van der Waals surface area contributed by atoms with Gasteiger partial charge in [0.15, 0.2) is 0 Å². The zero-order valence-corrected chi connectivity index (χ0v) is 23.0. The number of carbonyl (C=O) groups excluding carboxylic acids is 1. The van der Waals surface area contributed by atoms with Gasteiger partial charge in [0.1, 0.15) is 0 Å². The fraction of sp³-hybridized carbons (Fsp3) is 0.885. The fourth-order valence-corrected chi connectivity index (χ4v) is 5.01. The normalized spacial score (nSPS) is 21.4. The molecule has 6 N–H and O–H groups in total. The standard InChI is InChI=1S/C26H55N7O/c1-7-9-10-11-18-32-19-12-13-24(23(32)15-17-30-26(34)21(3)8-2)33(22(4)28)20-31(6)25(29-5)14-16-27/h14,21-24,29H,7-13,15-20,27-28H2,1-6H3,(H,30,34)/b25-14-/t21?,22-,23?,24?/m0/s1. The van der Waals surface area contributed by atoms with Crippen LogP contribution in [0.4, 0.5) is 0 Å². The second kappa shape index (κ2) is 17.1. The van der Waals surface area contributed by atoms with Crippen LogP contribution in [0.2, 0.25) is 0 Å². The molecule has 0 bridgehead atoms. The molecule has 34 heavy (non-hydrogen) atoms. The Labute approximate surface area is 209 Å². The Morgan fingerprint density at radius 3 is 2.56 bits per heavy atom. The van der Waals surface area contributed by atoms with Gasteiger partial charge in [-0.25, -0.2) is 0 Å². The highest BCUT2D eigenvalue weighted by Gasteiger charge is 2.36. The van der Waals surface area contributed by atoms with E-state index in [2.05, 4.69) is 53.2 Å². The minimum absolute atomic E-state index is 0.0656. The molecule has 1 aliphatic heterocycles. The Bertz CT molecular complexity index is 583. The molecule has 1 aliphatic rings. The van der Waals surface area contributed by atoms with Crippen LogP contribution in [0.5, 0.6) is 0 Å². The van der Waals surface area contributed by atoms with Gasteiger partial charge in [-0.3, -0.25) is 14.6 Å². The fourth-order valence-electron chi connectivity index (χ4n) is 5.01. The van der Waals surface area contributed by atoms with Gasteiger partial charge in [-0.05, 0) is 58.2 Å². The maximum Gasteiger partial charge on any atom is 0.222 e. The van der Waals surface area contributed by atoms with Crippen LogP contribution in [-0.4, -0.2) is 85.8 Å². The minimum atomic E-state index is -0.0688. The van der Waals surface area contributed by atoms with Crippen molar-refractivity contribution in [1.29, 1.82) is 0 Å². The van der Waals surface area contributed by atoms with E-state index in [0.717, 1.165) is 44.8 Å². The maximum absolute atomic E-state index is 12.4. The third-order valence-electron chi connectivity index (χ3n) is 7.26. The molecule has 4 atom stereocenters. The number of nitrogens with zero attached hydrogens (tertiary/aromatic N) is 3. The summed E-state index contributed by atoms with van der Waals surface area (Å²) >= 11 is 0. The maximum atomic E-state index is 12.4. The molecule has 3 unspecified atom stereocenters. The highest BCUT2D eigenvalue weighted by Crippen LogP contribution is 2.27. The van der Waals surface area contributed by atoms with Crippen molar-refractivity contribution in [2.45, 2.75) is 97.3 Å². The molecule has 1 amide bonds. The zero-order chi connectivity index (χ0) is 25.5. The Morgan fingerprint density at radius 2 is 1.97 bits per heavy atom. The van der Waals surface area contributed by atoms with E-state index in [1.807, 2.05) is 20.0 Å². The van der Waals surface area contributed by atoms with Crippen LogP contribution >= 0.6 is 0 Å². The van der Waals surface area contributed by atoms with E-state index in [1.54, 1.807) is 0 Å². The molecule has 0 aromatic carbocycles. The third kappa shape index (κ3) is 10.1. The van der Waals surface area contributed by atoms with Gasteiger partial charge < -0.3 is 27.0 Å². The molecule has 1 saturated heterocycles. The molecule has 1 heterocycles. The summed E-state index contributed by atoms with van der Waals surface area (Å²) in [5, 5.41) is 6.45. The van der Waals surface area contributed by atoms with Gasteiger partial charge in [-0.15, -0.1) is 0 Å². The van der Waals surface area contributed by atoms with Crippen LogP contribution in [0, 0.1) is 5.92 Å². The monoisotopic (exact) mass is 481 g/mol. The highest BCUT2D eigenvalue weighted by molar-refractivity contribution is 5.78. The lowest BCUT2D eigenvalue weighted by atomic mass is 9.91. The second-order valence-electron chi connectivity index (χ2n) is 9.93. The Balaban J connectivity index is 3.01. The molecule has 1 fully saturated rings. The van der Waals surface area contributed by atoms with Crippen LogP contribution in [0.3, 0.4) is 0 Å². The van der Waals surface area contributed by atoms with Crippen LogP contribution in [0.25, 0.3) is 0 Å². The van der Waals surface area contributed by atoms with Gasteiger partial charge in [-0.2, -0.15) is 0 Å². The first-order valence-corrected chi connectivity index (χ1v) is 13.6. The molecule has 8 nitrogen and oxygen atoms in total. The smallest absolute Gasteiger partial charge is 0.222 e. The molecule has 0 aromatic rings. The summed E-state index contributed by atoms with van der Waals surface area (Å²) in [5.74, 6) is 1.24. The van der Waals surface area contributed by atoms with E-state index in [9.17, 15) is 4.79 Å². The number of nitrogens with two attached hydrogens (primary N) is 2. The molecule has 0 spiro atoms. The number of unbranched alkanes of at least 4 members (excludes halogenated alkanes) is 3. The van der Waals surface area contributed by atoms with Gasteiger partial charge in [-0.1, -0.05) is 40.0 Å². The van der Waals surface area contributed by atoms with Crippen molar-refractivity contribution in [3.05, 3.63) is 11.9 Å². The first kappa shape index (κ1) is 30.7. The van der Waals surface area contributed by atoms with Crippen molar-refractivity contribution >= 4 is 5.91 Å². The molecule has 8 heteroatoms. The van der Waals surface area contributed by atoms with E-state index in [0.29, 0.717) is 25.2 Å². The van der Waals surface area contributed by atoms with Crippen LogP contribution in [-0.2, 0) is 4.79 Å². The van der Waals surface area contributed by atoms with Crippen LogP contribution < -0.4 is 22.1 Å². The lowest BCUT2D eigenvalue weighted by Crippen LogP contribution is -2.61. The largest absolute Gasteiger partial charge is 0.375 e. The van der Waals surface area contributed by atoms with Crippen molar-refractivity contribution in [3.8, 4) is 0 Å². The van der Waals surface area contributed by atoms with E-state index < -0.39 is 0 Å². The van der Waals surface area contributed by atoms with Gasteiger partial charge in [0.2, 0.25) is 5.91 Å². The second-order valence-corrected chi connectivity index (χ2v) is 9.93. The average molecular weight is 482 g/mol. The van der Waals surface area contributed by atoms with Gasteiger partial charge in [0.25, 0.3) is 0 Å². The lowest BCUT2D eigenvalue weighted by molar-refractivity contribution is -0.124. The summed E-state index contributed by atoms with van der Waals surface area (Å²) in [4.78, 5) is 19.7. The molecular formula is C26H55N7O. The van der Waals surface area contributed by atoms with Gasteiger partial charge >= 0.3 is 0 Å². The number of amides is 1. The number of piperidine rings is 1. The number of carbonyl (C=O) groups is 1. The van der Waals surface area contributed by atoms with Crippen molar-refractivity contribution < 1.29 is 4.79 Å². The summed E-state index contributed by atoms with van der Waals surface area (Å²) in [7, 11) is 4.01. The molecule has 200 valence electrons. The quantitative estimate of drug-likeness (QED) is 0.187. The molecule has 0 aliphatic carbocycles. The number of hydrogen-bond donors (Lipinski definition) is 4. The Hall–Kier alpha value is -1.35. The molecular weight excluding hydrogens is 426 g/mol. The zero-order valence-electron chi connectivity index (χ0n) is 23.0. The lowest BCUT2D eigenvalue weighted by Gasteiger charge is -2.48. The number of rotatable bonds is 17. The minimum Gasteiger partial charge on any atom is -0.375 e. The predicted octanol–water partition coefficient (Wildman–Crippen LogP) is 2.47. The summed E-state index contributed by atoms with van der Waals surface area (Å²) in [5.41, 5.74) is 12.3. The predicted molar refractivity (Wildman–Crippen MR) is 144 cm³/mol. The van der Waals surface area contributed by atoms with Gasteiger partial charge in [0.05, 0.1) is 18.7 Å². The molecule has 0 saturated carbocycles. The SMILES string of the molecule is CCCCCCN1CCCC(N(CN(C)/C(=C\CN)NC)[C@@H](C)N)C1CCNC(=O)C(C)CC. The Kier molecular flexibility index (Phi) is 15.5. The summed E-state index contributed by atoms with van der Waals surface area (Å²) in [6, 6.07) is 0.724. The molecule has 1 rings (SSSR count). The highest BCUT2D eigenvalue weighted by atomic mass is 16.1. The summed E-state index contributed by atoms with van der Waals surface area (Å²) in [6.07, 6.45) is 11.1. The summed E-state index contributed by atoms with van der Waals surface area (Å²) in [6.45, 7) is 12.6. The van der Waals surface area contributed by atoms with Gasteiger partial charge in [0, 0.05) is 45.2 Å². The Morgan fingerprint density at radius 1 is 1.24 bits per heavy atom. The number of nitrogens with one attached hydrogen (secondary N) is 2. The molecule has 0 radical (unpaired) electrons. The van der Waals surface area contributed by atoms with Crippen molar-refractivity contribution in [2.24, 2.45) is 17.4 Å². The van der Waals surface area contributed by atoms with E-state index in [4.69, 9.17) is 11.5 Å². The van der Waals surface area contributed by atoms with E-state index >= 15 is 0 Å². The van der Waals surface area contributed by atoms with E-state index in [1.165, 1.54) is 32.1 Å². The average Bonchev–Trinajstić information content (AvgIpc) is 2.83. The first-order valence-electron chi connectivity index (χ1n) is 13.6.